The Morgan fingerprint density at radius 3 is 2.25 bits per heavy atom. The Balaban J connectivity index is 3.05. The average Bonchev–Trinajstić information content (AvgIpc) is 2.45. The molecule has 1 aliphatic heterocycles. The molecule has 1 unspecified atom stereocenters. The molecule has 6 nitrogen and oxygen atoms in total. The second-order valence-electron chi connectivity index (χ2n) is 2.88. The normalized spacial score (nSPS) is 21.8. The van der Waals surface area contributed by atoms with Crippen LogP contribution >= 0.6 is 58.0 Å². The predicted molar refractivity (Wildman–Crippen MR) is 63.6 cm³/mol. The minimum atomic E-state index is -2.14. The fourth-order valence-corrected chi connectivity index (χ4v) is 1.59. The largest absolute Gasteiger partial charge is 0.386 e. The summed E-state index contributed by atoms with van der Waals surface area (Å²) < 4.78 is -4.24. The van der Waals surface area contributed by atoms with Gasteiger partial charge in [0.1, 0.15) is 6.34 Å². The Kier molecular flexibility index (Phi) is 3.92. The molecular weight excluding hydrogens is 325 g/mol. The van der Waals surface area contributed by atoms with Crippen LogP contribution in [-0.2, 0) is 0 Å². The zero-order valence-electron chi connectivity index (χ0n) is 7.65. The van der Waals surface area contributed by atoms with Crippen molar-refractivity contribution in [3.8, 4) is 0 Å². The van der Waals surface area contributed by atoms with Crippen LogP contribution in [0.5, 0.6) is 0 Å². The van der Waals surface area contributed by atoms with E-state index in [2.05, 4.69) is 5.10 Å². The van der Waals surface area contributed by atoms with Gasteiger partial charge in [-0.25, -0.2) is 9.91 Å². The lowest BCUT2D eigenvalue weighted by molar-refractivity contribution is -0.570. The van der Waals surface area contributed by atoms with Crippen molar-refractivity contribution >= 4 is 64.3 Å². The number of hydrazone groups is 1. The zero-order chi connectivity index (χ0) is 12.7. The van der Waals surface area contributed by atoms with Gasteiger partial charge in [0, 0.05) is 7.05 Å². The average molecular weight is 330 g/mol. The second kappa shape index (κ2) is 4.42. The van der Waals surface area contributed by atoms with Crippen LogP contribution < -0.4 is 0 Å². The van der Waals surface area contributed by atoms with Crippen LogP contribution in [0.3, 0.4) is 0 Å². The van der Waals surface area contributed by atoms with Crippen molar-refractivity contribution in [3.05, 3.63) is 10.1 Å². The molecule has 0 aliphatic carbocycles. The third kappa shape index (κ3) is 2.36. The van der Waals surface area contributed by atoms with E-state index in [4.69, 9.17) is 58.0 Å². The second-order valence-corrected chi connectivity index (χ2v) is 6.45. The van der Waals surface area contributed by atoms with Gasteiger partial charge >= 0.3 is 6.29 Å². The number of hydrogen-bond acceptors (Lipinski definition) is 5. The maximum absolute atomic E-state index is 10.8. The quantitative estimate of drug-likeness (QED) is 0.337. The van der Waals surface area contributed by atoms with Gasteiger partial charge < -0.3 is 0 Å². The summed E-state index contributed by atoms with van der Waals surface area (Å²) in [6, 6.07) is 0. The van der Waals surface area contributed by atoms with Gasteiger partial charge in [-0.3, -0.25) is 10.1 Å². The molecule has 0 aromatic heterocycles. The molecule has 1 aliphatic rings. The summed E-state index contributed by atoms with van der Waals surface area (Å²) in [6.07, 6.45) is -0.388. The molecule has 0 amide bonds. The van der Waals surface area contributed by atoms with Gasteiger partial charge in [0.2, 0.25) is 8.25 Å². The highest BCUT2D eigenvalue weighted by Crippen LogP contribution is 2.49. The molecular formula is C5H5Cl5N4O2. The number of alkyl halides is 5. The fraction of sp³-hybridized carbons (Fsp3) is 0.800. The molecule has 0 bridgehead atoms. The van der Waals surface area contributed by atoms with Crippen LogP contribution in [0.1, 0.15) is 0 Å². The maximum Gasteiger partial charge on any atom is 0.386 e. The van der Waals surface area contributed by atoms with Crippen molar-refractivity contribution in [3.63, 3.8) is 0 Å². The first-order valence-corrected chi connectivity index (χ1v) is 5.61. The Labute approximate surface area is 116 Å². The van der Waals surface area contributed by atoms with E-state index < -0.39 is 19.5 Å². The first-order chi connectivity index (χ1) is 7.09. The van der Waals surface area contributed by atoms with Crippen LogP contribution in [0.4, 0.5) is 0 Å². The summed E-state index contributed by atoms with van der Waals surface area (Å²) in [5, 5.41) is 15.5. The molecule has 1 heterocycles. The van der Waals surface area contributed by atoms with E-state index >= 15 is 0 Å². The monoisotopic (exact) mass is 328 g/mol. The van der Waals surface area contributed by atoms with E-state index in [9.17, 15) is 10.1 Å². The molecule has 0 spiro atoms. The smallest absolute Gasteiger partial charge is 0.261 e. The number of halogens is 5. The molecule has 0 saturated carbocycles. The zero-order valence-corrected chi connectivity index (χ0v) is 11.4. The van der Waals surface area contributed by atoms with Gasteiger partial charge in [-0.2, -0.15) is 5.10 Å². The molecule has 1 rings (SSSR count). The third-order valence-electron chi connectivity index (χ3n) is 1.80. The van der Waals surface area contributed by atoms with Gasteiger partial charge in [0.05, 0.1) is 4.92 Å². The molecule has 11 heteroatoms. The minimum Gasteiger partial charge on any atom is -0.261 e. The summed E-state index contributed by atoms with van der Waals surface area (Å²) in [6.45, 7) is 0. The highest BCUT2D eigenvalue weighted by atomic mass is 35.6. The Hall–Kier alpha value is 0.120. The van der Waals surface area contributed by atoms with Gasteiger partial charge in [-0.15, -0.1) is 0 Å². The van der Waals surface area contributed by atoms with E-state index in [0.29, 0.717) is 0 Å². The van der Waals surface area contributed by atoms with Crippen molar-refractivity contribution in [2.45, 2.75) is 14.5 Å². The molecule has 0 aromatic carbocycles. The van der Waals surface area contributed by atoms with Crippen LogP contribution in [0.25, 0.3) is 0 Å². The molecule has 0 radical (unpaired) electrons. The first-order valence-electron chi connectivity index (χ1n) is 3.72. The van der Waals surface area contributed by atoms with Gasteiger partial charge in [0.15, 0.2) is 0 Å². The SMILES string of the molecule is CN1N=CN(C(Cl)(Cl)C(Cl)(Cl)Cl)C1[N+](=O)[O-]. The highest BCUT2D eigenvalue weighted by molar-refractivity contribution is 6.75. The molecule has 0 saturated heterocycles. The molecule has 92 valence electrons. The van der Waals surface area contributed by atoms with E-state index in [1.165, 1.54) is 7.05 Å². The molecule has 0 N–H and O–H groups in total. The Morgan fingerprint density at radius 1 is 1.38 bits per heavy atom. The van der Waals surface area contributed by atoms with E-state index in [1.54, 1.807) is 0 Å². The number of nitro groups is 1. The fourth-order valence-electron chi connectivity index (χ4n) is 1.04. The number of rotatable bonds is 2. The molecule has 0 aromatic rings. The third-order valence-corrected chi connectivity index (χ3v) is 4.15. The van der Waals surface area contributed by atoms with Crippen molar-refractivity contribution in [2.24, 2.45) is 5.10 Å². The Morgan fingerprint density at radius 2 is 1.88 bits per heavy atom. The topological polar surface area (TPSA) is 62.0 Å². The molecule has 16 heavy (non-hydrogen) atoms. The van der Waals surface area contributed by atoms with E-state index in [0.717, 1.165) is 16.2 Å². The van der Waals surface area contributed by atoms with Crippen molar-refractivity contribution in [2.75, 3.05) is 7.05 Å². The van der Waals surface area contributed by atoms with Crippen molar-refractivity contribution in [1.82, 2.24) is 9.91 Å². The minimum absolute atomic E-state index is 0.664. The van der Waals surface area contributed by atoms with Crippen molar-refractivity contribution < 1.29 is 4.92 Å². The lowest BCUT2D eigenvalue weighted by Crippen LogP contribution is -2.56. The predicted octanol–water partition coefficient (Wildman–Crippen LogP) is 2.24. The maximum atomic E-state index is 10.8. The van der Waals surface area contributed by atoms with Gasteiger partial charge in [0.25, 0.3) is 0 Å². The summed E-state index contributed by atoms with van der Waals surface area (Å²) in [5.41, 5.74) is 0. The van der Waals surface area contributed by atoms with Crippen LogP contribution in [0.2, 0.25) is 0 Å². The molecule has 0 fully saturated rings. The standard InChI is InChI=1S/C5H5Cl5N4O2/c1-12-3(14(15)16)13(2-11-12)5(9,10)4(6,7)8/h2-3H,1H3. The summed E-state index contributed by atoms with van der Waals surface area (Å²) in [4.78, 5) is 11.0. The highest BCUT2D eigenvalue weighted by Gasteiger charge is 2.57. The summed E-state index contributed by atoms with van der Waals surface area (Å²) >= 11 is 28.2. The van der Waals surface area contributed by atoms with Gasteiger partial charge in [-0.1, -0.05) is 58.0 Å². The van der Waals surface area contributed by atoms with Crippen LogP contribution in [0, 0.1) is 10.1 Å². The van der Waals surface area contributed by atoms with E-state index in [1.807, 2.05) is 0 Å². The first kappa shape index (κ1) is 14.2. The summed E-state index contributed by atoms with van der Waals surface area (Å²) in [5.74, 6) is 0. The summed E-state index contributed by atoms with van der Waals surface area (Å²) in [7, 11) is 1.37. The molecule has 1 atom stereocenters. The van der Waals surface area contributed by atoms with Crippen molar-refractivity contribution in [1.29, 1.82) is 0 Å². The lowest BCUT2D eigenvalue weighted by Gasteiger charge is -2.35. The van der Waals surface area contributed by atoms with E-state index in [-0.39, 0.29) is 0 Å². The van der Waals surface area contributed by atoms with Crippen LogP contribution in [0.15, 0.2) is 5.10 Å². The number of hydrogen-bond donors (Lipinski definition) is 0. The Bertz CT molecular complexity index is 329. The van der Waals surface area contributed by atoms with Crippen LogP contribution in [-0.4, -0.2) is 42.8 Å². The lowest BCUT2D eigenvalue weighted by atomic mass is 10.5. The van der Waals surface area contributed by atoms with Gasteiger partial charge in [-0.05, 0) is 0 Å². The number of nitrogens with zero attached hydrogens (tertiary/aromatic N) is 4.